The van der Waals surface area contributed by atoms with Gasteiger partial charge in [0, 0.05) is 45.6 Å². The maximum Gasteiger partial charge on any atom is 0.277 e. The highest BCUT2D eigenvalue weighted by atomic mass is 32.2. The summed E-state index contributed by atoms with van der Waals surface area (Å²) >= 11 is 1.29. The van der Waals surface area contributed by atoms with Crippen molar-refractivity contribution in [2.24, 2.45) is 0 Å². The number of hydrogen-bond donors (Lipinski definition) is 1. The molecule has 0 atom stereocenters. The van der Waals surface area contributed by atoms with Crippen LogP contribution in [0.2, 0.25) is 0 Å². The van der Waals surface area contributed by atoms with E-state index in [2.05, 4.69) is 31.1 Å². The first-order valence-electron chi connectivity index (χ1n) is 12.0. The van der Waals surface area contributed by atoms with Gasteiger partial charge < -0.3 is 23.8 Å². The van der Waals surface area contributed by atoms with E-state index in [4.69, 9.17) is 13.9 Å². The van der Waals surface area contributed by atoms with Crippen molar-refractivity contribution >= 4 is 28.7 Å². The molecule has 0 radical (unpaired) electrons. The fraction of sp³-hybridized carbons (Fsp3) is 0.360. The number of piperazine rings is 1. The fourth-order valence-corrected chi connectivity index (χ4v) is 5.10. The topological polar surface area (TPSA) is 110 Å². The number of rotatable bonds is 8. The Bertz CT molecular complexity index is 1330. The summed E-state index contributed by atoms with van der Waals surface area (Å²) in [6.45, 7) is 4.18. The van der Waals surface area contributed by atoms with E-state index in [1.807, 2.05) is 41.3 Å². The van der Waals surface area contributed by atoms with Gasteiger partial charge in [-0.3, -0.25) is 9.69 Å². The SMILES string of the molecule is O=C(CSc1nnc(CCc2nc3ccccc3[nH]2)o1)N1CCN(Cc2ccc3c(c2)OCO3)CC1. The standard InChI is InChI=1S/C25H26N6O4S/c32-24(31-11-9-30(10-12-31)14-17-5-6-20-21(13-17)34-16-33-20)15-36-25-29-28-23(35-25)8-7-22-26-18-3-1-2-4-19(18)27-22/h1-6,13H,7-12,14-16H2,(H,26,27). The molecule has 36 heavy (non-hydrogen) atoms. The van der Waals surface area contributed by atoms with Crippen molar-refractivity contribution in [1.29, 1.82) is 0 Å². The van der Waals surface area contributed by atoms with E-state index >= 15 is 0 Å². The number of hydrogen-bond acceptors (Lipinski definition) is 9. The van der Waals surface area contributed by atoms with Crippen molar-refractivity contribution < 1.29 is 18.7 Å². The summed E-state index contributed by atoms with van der Waals surface area (Å²) < 4.78 is 16.6. The zero-order chi connectivity index (χ0) is 24.3. The number of nitrogens with zero attached hydrogens (tertiary/aromatic N) is 5. The van der Waals surface area contributed by atoms with Crippen molar-refractivity contribution in [3.05, 3.63) is 59.7 Å². The number of para-hydroxylation sites is 2. The Labute approximate surface area is 212 Å². The van der Waals surface area contributed by atoms with E-state index in [0.29, 0.717) is 37.0 Å². The molecule has 2 aromatic carbocycles. The monoisotopic (exact) mass is 506 g/mol. The molecule has 10 nitrogen and oxygen atoms in total. The van der Waals surface area contributed by atoms with E-state index in [1.165, 1.54) is 17.3 Å². The van der Waals surface area contributed by atoms with Gasteiger partial charge in [0.2, 0.25) is 18.6 Å². The third-order valence-corrected chi connectivity index (χ3v) is 7.15. The van der Waals surface area contributed by atoms with E-state index in [-0.39, 0.29) is 18.5 Å². The summed E-state index contributed by atoms with van der Waals surface area (Å²) in [5.74, 6) is 3.40. The molecule has 1 N–H and O–H groups in total. The summed E-state index contributed by atoms with van der Waals surface area (Å²) in [5.41, 5.74) is 3.14. The number of fused-ring (bicyclic) bond motifs is 2. The van der Waals surface area contributed by atoms with Gasteiger partial charge in [0.15, 0.2) is 11.5 Å². The summed E-state index contributed by atoms with van der Waals surface area (Å²) in [4.78, 5) is 24.9. The Morgan fingerprint density at radius 3 is 2.75 bits per heavy atom. The zero-order valence-electron chi connectivity index (χ0n) is 19.7. The molecule has 2 aliphatic heterocycles. The number of ether oxygens (including phenoxy) is 2. The van der Waals surface area contributed by atoms with Crippen LogP contribution in [0.5, 0.6) is 11.5 Å². The number of carbonyl (C=O) groups excluding carboxylic acids is 1. The van der Waals surface area contributed by atoms with Gasteiger partial charge in [0.1, 0.15) is 5.82 Å². The van der Waals surface area contributed by atoms with Crippen molar-refractivity contribution in [2.45, 2.75) is 24.6 Å². The summed E-state index contributed by atoms with van der Waals surface area (Å²) in [6, 6.07) is 14.0. The lowest BCUT2D eigenvalue weighted by Crippen LogP contribution is -2.48. The molecule has 1 saturated heterocycles. The molecule has 186 valence electrons. The number of imidazole rings is 1. The van der Waals surface area contributed by atoms with Gasteiger partial charge in [0.25, 0.3) is 5.22 Å². The van der Waals surface area contributed by atoms with E-state index in [1.54, 1.807) is 0 Å². The maximum absolute atomic E-state index is 12.7. The highest BCUT2D eigenvalue weighted by molar-refractivity contribution is 7.99. The molecule has 11 heteroatoms. The van der Waals surface area contributed by atoms with Crippen LogP contribution in [-0.4, -0.2) is 74.6 Å². The molecule has 0 saturated carbocycles. The molecule has 0 bridgehead atoms. The lowest BCUT2D eigenvalue weighted by molar-refractivity contribution is -0.130. The highest BCUT2D eigenvalue weighted by Crippen LogP contribution is 2.33. The molecule has 0 spiro atoms. The van der Waals surface area contributed by atoms with Crippen LogP contribution >= 0.6 is 11.8 Å². The number of benzene rings is 2. The average molecular weight is 507 g/mol. The van der Waals surface area contributed by atoms with Crippen molar-refractivity contribution in [3.8, 4) is 11.5 Å². The van der Waals surface area contributed by atoms with Gasteiger partial charge >= 0.3 is 0 Å². The van der Waals surface area contributed by atoms with Crippen molar-refractivity contribution in [1.82, 2.24) is 30.0 Å². The highest BCUT2D eigenvalue weighted by Gasteiger charge is 2.23. The largest absolute Gasteiger partial charge is 0.454 e. The Morgan fingerprint density at radius 1 is 1.00 bits per heavy atom. The van der Waals surface area contributed by atoms with Crippen LogP contribution in [0, 0.1) is 0 Å². The van der Waals surface area contributed by atoms with Crippen LogP contribution in [0.4, 0.5) is 0 Å². The second kappa shape index (κ2) is 10.2. The van der Waals surface area contributed by atoms with Crippen molar-refractivity contribution in [3.63, 3.8) is 0 Å². The number of H-pyrrole nitrogens is 1. The molecular formula is C25H26N6O4S. The number of thioether (sulfide) groups is 1. The van der Waals surface area contributed by atoms with Crippen LogP contribution in [-0.2, 0) is 24.2 Å². The van der Waals surface area contributed by atoms with Gasteiger partial charge in [-0.1, -0.05) is 30.0 Å². The maximum atomic E-state index is 12.7. The Balaban J connectivity index is 0.936. The first kappa shape index (κ1) is 22.9. The molecule has 6 rings (SSSR count). The van der Waals surface area contributed by atoms with Crippen molar-refractivity contribution in [2.75, 3.05) is 38.7 Å². The lowest BCUT2D eigenvalue weighted by atomic mass is 10.1. The minimum Gasteiger partial charge on any atom is -0.454 e. The molecule has 4 heterocycles. The molecule has 1 fully saturated rings. The second-order valence-electron chi connectivity index (χ2n) is 8.80. The van der Waals surface area contributed by atoms with Gasteiger partial charge in [-0.2, -0.15) is 0 Å². The summed E-state index contributed by atoms with van der Waals surface area (Å²) in [5, 5.41) is 8.63. The summed E-state index contributed by atoms with van der Waals surface area (Å²) in [6.07, 6.45) is 1.27. The number of aromatic nitrogens is 4. The van der Waals surface area contributed by atoms with Crippen LogP contribution in [0.25, 0.3) is 11.0 Å². The quantitative estimate of drug-likeness (QED) is 0.361. The Kier molecular flexibility index (Phi) is 6.48. The number of nitrogens with one attached hydrogen (secondary N) is 1. The van der Waals surface area contributed by atoms with Crippen LogP contribution in [0.1, 0.15) is 17.3 Å². The van der Waals surface area contributed by atoms with Crippen LogP contribution in [0.15, 0.2) is 52.1 Å². The lowest BCUT2D eigenvalue weighted by Gasteiger charge is -2.34. The first-order valence-corrected chi connectivity index (χ1v) is 13.0. The summed E-state index contributed by atoms with van der Waals surface area (Å²) in [7, 11) is 0. The number of aromatic amines is 1. The Morgan fingerprint density at radius 2 is 1.86 bits per heavy atom. The fourth-order valence-electron chi connectivity index (χ4n) is 4.41. The molecule has 1 amide bonds. The molecular weight excluding hydrogens is 480 g/mol. The minimum atomic E-state index is 0.0877. The second-order valence-corrected chi connectivity index (χ2v) is 9.72. The molecule has 0 aliphatic carbocycles. The van der Waals surface area contributed by atoms with E-state index < -0.39 is 0 Å². The average Bonchev–Trinajstić information content (AvgIpc) is 3.65. The normalized spacial score (nSPS) is 15.6. The van der Waals surface area contributed by atoms with E-state index in [9.17, 15) is 4.79 Å². The zero-order valence-corrected chi connectivity index (χ0v) is 20.5. The predicted molar refractivity (Wildman–Crippen MR) is 133 cm³/mol. The third kappa shape index (κ3) is 5.17. The number of amides is 1. The van der Waals surface area contributed by atoms with Gasteiger partial charge in [-0.15, -0.1) is 10.2 Å². The molecule has 4 aromatic rings. The molecule has 0 unspecified atom stereocenters. The molecule has 2 aliphatic rings. The Hall–Kier alpha value is -3.57. The van der Waals surface area contributed by atoms with Gasteiger partial charge in [-0.05, 0) is 29.8 Å². The predicted octanol–water partition coefficient (Wildman–Crippen LogP) is 2.90. The van der Waals surface area contributed by atoms with Crippen LogP contribution < -0.4 is 9.47 Å². The first-order chi connectivity index (χ1) is 17.7. The van der Waals surface area contributed by atoms with E-state index in [0.717, 1.165) is 48.0 Å². The third-order valence-electron chi connectivity index (χ3n) is 6.35. The van der Waals surface area contributed by atoms with Gasteiger partial charge in [0.05, 0.1) is 16.8 Å². The smallest absolute Gasteiger partial charge is 0.277 e. The number of aryl methyl sites for hydroxylation is 2. The number of carbonyl (C=O) groups is 1. The van der Waals surface area contributed by atoms with Gasteiger partial charge in [-0.25, -0.2) is 4.98 Å². The minimum absolute atomic E-state index is 0.0877. The van der Waals surface area contributed by atoms with Crippen LogP contribution in [0.3, 0.4) is 0 Å². The molecule has 2 aromatic heterocycles.